The third-order valence-corrected chi connectivity index (χ3v) is 5.49. The summed E-state index contributed by atoms with van der Waals surface area (Å²) in [7, 11) is 8.40. The molecule has 0 spiro atoms. The highest BCUT2D eigenvalue weighted by Gasteiger charge is 2.07. The molecular weight excluding hydrogens is 404 g/mol. The fourth-order valence-corrected chi connectivity index (χ4v) is 3.73. The number of hydrogen-bond donors (Lipinski definition) is 0. The zero-order valence-electron chi connectivity index (χ0n) is 19.6. The molecule has 0 N–H and O–H groups in total. The van der Waals surface area contributed by atoms with Crippen LogP contribution in [0.15, 0.2) is 54.6 Å². The van der Waals surface area contributed by atoms with E-state index in [0.29, 0.717) is 0 Å². The first-order valence-corrected chi connectivity index (χ1v) is 10.7. The van der Waals surface area contributed by atoms with Crippen LogP contribution in [0.4, 0.5) is 0 Å². The molecule has 32 heavy (non-hydrogen) atoms. The Morgan fingerprint density at radius 3 is 0.812 bits per heavy atom. The van der Waals surface area contributed by atoms with E-state index in [1.54, 1.807) is 35.5 Å². The Kier molecular flexibility index (Phi) is 8.26. The number of aryl methyl sites for hydroxylation is 4. The van der Waals surface area contributed by atoms with Crippen molar-refractivity contribution in [3.63, 3.8) is 0 Å². The number of benzene rings is 3. The van der Waals surface area contributed by atoms with Crippen molar-refractivity contribution in [2.45, 2.75) is 25.7 Å². The van der Waals surface area contributed by atoms with Gasteiger partial charge in [-0.1, -0.05) is 6.07 Å². The molecule has 0 aliphatic rings. The van der Waals surface area contributed by atoms with Crippen molar-refractivity contribution >= 4 is 0 Å². The van der Waals surface area contributed by atoms with Gasteiger partial charge in [-0.25, -0.2) is 0 Å². The lowest BCUT2D eigenvalue weighted by Crippen LogP contribution is -1.99. The third kappa shape index (κ3) is 6.33. The lowest BCUT2D eigenvalue weighted by atomic mass is 9.98. The van der Waals surface area contributed by atoms with E-state index in [4.69, 9.17) is 23.7 Å². The minimum Gasteiger partial charge on any atom is -0.497 e. The Balaban J connectivity index is 1.73. The van der Waals surface area contributed by atoms with Crippen molar-refractivity contribution in [2.75, 3.05) is 35.5 Å². The monoisotopic (exact) mass is 436 g/mol. The van der Waals surface area contributed by atoms with Gasteiger partial charge in [-0.3, -0.25) is 0 Å². The van der Waals surface area contributed by atoms with Gasteiger partial charge >= 0.3 is 0 Å². The molecule has 0 saturated carbocycles. The molecule has 0 atom stereocenters. The lowest BCUT2D eigenvalue weighted by Gasteiger charge is -2.12. The number of rotatable bonds is 11. The number of ether oxygens (including phenoxy) is 5. The van der Waals surface area contributed by atoms with Crippen LogP contribution < -0.4 is 23.7 Å². The molecule has 3 aromatic rings. The van der Waals surface area contributed by atoms with E-state index in [9.17, 15) is 0 Å². The largest absolute Gasteiger partial charge is 0.497 e. The predicted molar refractivity (Wildman–Crippen MR) is 127 cm³/mol. The third-order valence-electron chi connectivity index (χ3n) is 5.49. The quantitative estimate of drug-likeness (QED) is 0.408. The summed E-state index contributed by atoms with van der Waals surface area (Å²) in [5, 5.41) is 0. The van der Waals surface area contributed by atoms with Gasteiger partial charge in [0.1, 0.15) is 28.7 Å². The number of hydrogen-bond acceptors (Lipinski definition) is 5. The van der Waals surface area contributed by atoms with Crippen LogP contribution in [0.3, 0.4) is 0 Å². The van der Waals surface area contributed by atoms with Gasteiger partial charge in [0.15, 0.2) is 0 Å². The van der Waals surface area contributed by atoms with Crippen molar-refractivity contribution in [2.24, 2.45) is 0 Å². The molecule has 0 aliphatic heterocycles. The van der Waals surface area contributed by atoms with Gasteiger partial charge in [-0.2, -0.15) is 0 Å². The van der Waals surface area contributed by atoms with E-state index in [0.717, 1.165) is 54.4 Å². The van der Waals surface area contributed by atoms with Gasteiger partial charge in [0.2, 0.25) is 0 Å². The fourth-order valence-electron chi connectivity index (χ4n) is 3.73. The maximum Gasteiger partial charge on any atom is 0.122 e. The lowest BCUT2D eigenvalue weighted by molar-refractivity contribution is 0.393. The van der Waals surface area contributed by atoms with Gasteiger partial charge in [0, 0.05) is 12.1 Å². The summed E-state index contributed by atoms with van der Waals surface area (Å²) in [5.74, 6) is 4.10. The van der Waals surface area contributed by atoms with Crippen LogP contribution in [0, 0.1) is 0 Å². The summed E-state index contributed by atoms with van der Waals surface area (Å²) in [6.45, 7) is 0. The molecule has 5 heteroatoms. The van der Waals surface area contributed by atoms with Crippen molar-refractivity contribution in [3.8, 4) is 28.7 Å². The molecule has 5 nitrogen and oxygen atoms in total. The smallest absolute Gasteiger partial charge is 0.122 e. The van der Waals surface area contributed by atoms with E-state index in [1.165, 1.54) is 22.3 Å². The minimum absolute atomic E-state index is 0.805. The molecule has 0 fully saturated rings. The fraction of sp³-hybridized carbons (Fsp3) is 0.333. The Labute approximate surface area is 190 Å². The summed E-state index contributed by atoms with van der Waals surface area (Å²) < 4.78 is 27.1. The second-order valence-electron chi connectivity index (χ2n) is 7.63. The zero-order chi connectivity index (χ0) is 22.9. The van der Waals surface area contributed by atoms with E-state index >= 15 is 0 Å². The minimum atomic E-state index is 0.805. The van der Waals surface area contributed by atoms with Crippen molar-refractivity contribution in [1.82, 2.24) is 0 Å². The van der Waals surface area contributed by atoms with Gasteiger partial charge in [0.25, 0.3) is 0 Å². The van der Waals surface area contributed by atoms with Crippen LogP contribution in [0.1, 0.15) is 22.3 Å². The van der Waals surface area contributed by atoms with Crippen molar-refractivity contribution in [1.29, 1.82) is 0 Å². The normalized spacial score (nSPS) is 10.5. The van der Waals surface area contributed by atoms with Crippen LogP contribution >= 0.6 is 0 Å². The first kappa shape index (κ1) is 23.3. The molecule has 0 aliphatic carbocycles. The average Bonchev–Trinajstić information content (AvgIpc) is 2.85. The van der Waals surface area contributed by atoms with Crippen molar-refractivity contribution in [3.05, 3.63) is 76.9 Å². The Hall–Kier alpha value is -3.34. The maximum absolute atomic E-state index is 5.57. The molecule has 3 aromatic carbocycles. The first-order chi connectivity index (χ1) is 15.6. The van der Waals surface area contributed by atoms with Crippen LogP contribution in [-0.2, 0) is 25.7 Å². The number of methoxy groups -OCH3 is 5. The summed E-state index contributed by atoms with van der Waals surface area (Å²) in [4.78, 5) is 0. The van der Waals surface area contributed by atoms with E-state index in [1.807, 2.05) is 12.1 Å². The van der Waals surface area contributed by atoms with Gasteiger partial charge in [-0.05, 0) is 84.3 Å². The summed E-state index contributed by atoms with van der Waals surface area (Å²) >= 11 is 0. The highest BCUT2D eigenvalue weighted by molar-refractivity contribution is 5.41. The first-order valence-electron chi connectivity index (χ1n) is 10.7. The highest BCUT2D eigenvalue weighted by atomic mass is 16.5. The maximum atomic E-state index is 5.57. The molecule has 0 unspecified atom stereocenters. The SMILES string of the molecule is COc1cc(CCc2cc(OC)cc(OC)c2)cc(CCc2cc(OC)cc(OC)c2)c1. The van der Waals surface area contributed by atoms with Crippen LogP contribution in [-0.4, -0.2) is 35.5 Å². The second kappa shape index (κ2) is 11.3. The highest BCUT2D eigenvalue weighted by Crippen LogP contribution is 2.26. The molecule has 0 heterocycles. The zero-order valence-corrected chi connectivity index (χ0v) is 19.6. The van der Waals surface area contributed by atoms with E-state index in [2.05, 4.69) is 42.5 Å². The Morgan fingerprint density at radius 2 is 0.562 bits per heavy atom. The van der Waals surface area contributed by atoms with Gasteiger partial charge in [0.05, 0.1) is 35.5 Å². The molecule has 0 aromatic heterocycles. The average molecular weight is 437 g/mol. The predicted octanol–water partition coefficient (Wildman–Crippen LogP) is 5.30. The standard InChI is InChI=1S/C27H32O5/c1-28-23-11-19(6-8-21-13-24(29-2)17-25(14-21)30-3)10-20(12-23)7-9-22-15-26(31-4)18-27(16-22)32-5/h10-18H,6-9H2,1-5H3. The molecular formula is C27H32O5. The molecule has 170 valence electrons. The van der Waals surface area contributed by atoms with Crippen LogP contribution in [0.5, 0.6) is 28.7 Å². The van der Waals surface area contributed by atoms with Crippen LogP contribution in [0.25, 0.3) is 0 Å². The molecule has 0 amide bonds. The van der Waals surface area contributed by atoms with Crippen molar-refractivity contribution < 1.29 is 23.7 Å². The summed E-state index contributed by atoms with van der Waals surface area (Å²) in [6, 6.07) is 18.5. The summed E-state index contributed by atoms with van der Waals surface area (Å²) in [6.07, 6.45) is 3.56. The molecule has 3 rings (SSSR count). The Bertz CT molecular complexity index is 906. The van der Waals surface area contributed by atoms with Gasteiger partial charge < -0.3 is 23.7 Å². The van der Waals surface area contributed by atoms with Gasteiger partial charge in [-0.15, -0.1) is 0 Å². The summed E-state index contributed by atoms with van der Waals surface area (Å²) in [5.41, 5.74) is 4.83. The topological polar surface area (TPSA) is 46.2 Å². The molecule has 0 radical (unpaired) electrons. The van der Waals surface area contributed by atoms with E-state index in [-0.39, 0.29) is 0 Å². The molecule has 0 bridgehead atoms. The van der Waals surface area contributed by atoms with Crippen LogP contribution in [0.2, 0.25) is 0 Å². The second-order valence-corrected chi connectivity index (χ2v) is 7.63. The van der Waals surface area contributed by atoms with E-state index < -0.39 is 0 Å². The molecule has 0 saturated heterocycles. The Morgan fingerprint density at radius 1 is 0.344 bits per heavy atom.